The van der Waals surface area contributed by atoms with Crippen molar-refractivity contribution in [3.05, 3.63) is 24.5 Å². The number of aromatic nitrogens is 1. The van der Waals surface area contributed by atoms with E-state index in [2.05, 4.69) is 4.98 Å². The molecule has 0 aliphatic heterocycles. The van der Waals surface area contributed by atoms with Crippen molar-refractivity contribution in [2.75, 3.05) is 5.75 Å². The third-order valence-electron chi connectivity index (χ3n) is 5.42. The molecule has 2 atom stereocenters. The minimum absolute atomic E-state index is 0.0714. The standard InChI is InChI=1S/C15H19NO4S/c1-14(2)11-5-6-15(14,13(17)8-11)10-21(18,19)20-12-4-3-7-16-9-12/h3-4,7,9,11H,5-6,8,10H2,1-2H3. The molecule has 0 radical (unpaired) electrons. The molecule has 21 heavy (non-hydrogen) atoms. The summed E-state index contributed by atoms with van der Waals surface area (Å²) < 4.78 is 29.8. The molecule has 0 aromatic carbocycles. The minimum Gasteiger partial charge on any atom is -0.381 e. The van der Waals surface area contributed by atoms with E-state index in [4.69, 9.17) is 4.18 Å². The number of Topliss-reactive ketones (excluding diaryl/α,β-unsaturated/α-hetero) is 1. The van der Waals surface area contributed by atoms with E-state index in [-0.39, 0.29) is 22.7 Å². The molecule has 6 heteroatoms. The van der Waals surface area contributed by atoms with E-state index in [0.717, 1.165) is 6.42 Å². The number of carbonyl (C=O) groups is 1. The van der Waals surface area contributed by atoms with Gasteiger partial charge in [0.25, 0.3) is 0 Å². The highest BCUT2D eigenvalue weighted by molar-refractivity contribution is 7.87. The number of ketones is 1. The number of fused-ring (bicyclic) bond motifs is 2. The largest absolute Gasteiger partial charge is 0.381 e. The third-order valence-corrected chi connectivity index (χ3v) is 6.71. The molecule has 2 saturated carbocycles. The number of pyridine rings is 1. The van der Waals surface area contributed by atoms with Gasteiger partial charge in [0.2, 0.25) is 0 Å². The molecule has 0 spiro atoms. The van der Waals surface area contributed by atoms with Gasteiger partial charge in [0.05, 0.1) is 17.4 Å². The van der Waals surface area contributed by atoms with Gasteiger partial charge in [-0.25, -0.2) is 0 Å². The molecule has 1 aromatic rings. The van der Waals surface area contributed by atoms with Crippen molar-refractivity contribution in [3.63, 3.8) is 0 Å². The van der Waals surface area contributed by atoms with Crippen molar-refractivity contribution in [2.24, 2.45) is 16.7 Å². The van der Waals surface area contributed by atoms with Gasteiger partial charge >= 0.3 is 10.1 Å². The van der Waals surface area contributed by atoms with Gasteiger partial charge in [-0.05, 0) is 36.3 Å². The summed E-state index contributed by atoms with van der Waals surface area (Å²) in [6, 6.07) is 3.15. The van der Waals surface area contributed by atoms with Gasteiger partial charge in [-0.15, -0.1) is 0 Å². The van der Waals surface area contributed by atoms with Crippen LogP contribution in [0.5, 0.6) is 5.75 Å². The summed E-state index contributed by atoms with van der Waals surface area (Å²) in [6.45, 7) is 4.02. The van der Waals surface area contributed by atoms with Crippen LogP contribution in [0.1, 0.15) is 33.1 Å². The summed E-state index contributed by atoms with van der Waals surface area (Å²) in [5, 5.41) is 0. The van der Waals surface area contributed by atoms with Crippen LogP contribution < -0.4 is 4.18 Å². The number of nitrogens with zero attached hydrogens (tertiary/aromatic N) is 1. The monoisotopic (exact) mass is 309 g/mol. The van der Waals surface area contributed by atoms with Crippen molar-refractivity contribution in [3.8, 4) is 5.75 Å². The zero-order valence-electron chi connectivity index (χ0n) is 12.2. The molecule has 1 heterocycles. The van der Waals surface area contributed by atoms with E-state index in [9.17, 15) is 13.2 Å². The van der Waals surface area contributed by atoms with E-state index in [1.807, 2.05) is 13.8 Å². The van der Waals surface area contributed by atoms with Gasteiger partial charge in [-0.3, -0.25) is 9.78 Å². The fourth-order valence-electron chi connectivity index (χ4n) is 3.98. The van der Waals surface area contributed by atoms with Gasteiger partial charge in [-0.2, -0.15) is 8.42 Å². The lowest BCUT2D eigenvalue weighted by Crippen LogP contribution is -2.43. The predicted octanol–water partition coefficient (Wildman–Crippen LogP) is 2.19. The summed E-state index contributed by atoms with van der Waals surface area (Å²) in [6.07, 6.45) is 4.95. The van der Waals surface area contributed by atoms with Gasteiger partial charge < -0.3 is 4.18 Å². The van der Waals surface area contributed by atoms with Gasteiger partial charge in [0, 0.05) is 12.6 Å². The van der Waals surface area contributed by atoms with Crippen LogP contribution >= 0.6 is 0 Å². The Labute approximate surface area is 124 Å². The first-order valence-electron chi connectivity index (χ1n) is 7.12. The molecular weight excluding hydrogens is 290 g/mol. The maximum Gasteiger partial charge on any atom is 0.310 e. The SMILES string of the molecule is CC1(C)C2CCC1(CS(=O)(=O)Oc1cccnc1)C(=O)C2. The quantitative estimate of drug-likeness (QED) is 0.797. The lowest BCUT2D eigenvalue weighted by atomic mass is 9.70. The van der Waals surface area contributed by atoms with E-state index in [1.54, 1.807) is 18.3 Å². The first-order chi connectivity index (χ1) is 9.77. The van der Waals surface area contributed by atoms with E-state index >= 15 is 0 Å². The second-order valence-corrected chi connectivity index (χ2v) is 8.21. The molecule has 114 valence electrons. The number of carbonyl (C=O) groups excluding carboxylic acids is 1. The van der Waals surface area contributed by atoms with Crippen LogP contribution in [0, 0.1) is 16.7 Å². The average Bonchev–Trinajstić information content (AvgIpc) is 2.72. The van der Waals surface area contributed by atoms with E-state index in [1.165, 1.54) is 6.20 Å². The van der Waals surface area contributed by atoms with Crippen molar-refractivity contribution < 1.29 is 17.4 Å². The summed E-state index contributed by atoms with van der Waals surface area (Å²) in [5.41, 5.74) is -1.08. The summed E-state index contributed by atoms with van der Waals surface area (Å²) in [7, 11) is -3.83. The van der Waals surface area contributed by atoms with Gasteiger partial charge in [-0.1, -0.05) is 13.8 Å². The first-order valence-corrected chi connectivity index (χ1v) is 8.70. The van der Waals surface area contributed by atoms with Crippen LogP contribution in [0.25, 0.3) is 0 Å². The first kappa shape index (κ1) is 14.5. The van der Waals surface area contributed by atoms with Crippen LogP contribution in [0.4, 0.5) is 0 Å². The molecule has 0 N–H and O–H groups in total. The third kappa shape index (κ3) is 2.16. The summed E-state index contributed by atoms with van der Waals surface area (Å²) >= 11 is 0. The zero-order chi connectivity index (χ0) is 15.3. The minimum atomic E-state index is -3.83. The van der Waals surface area contributed by atoms with Crippen LogP contribution in [-0.4, -0.2) is 24.9 Å². The molecule has 0 amide bonds. The smallest absolute Gasteiger partial charge is 0.310 e. The average molecular weight is 309 g/mol. The molecule has 2 bridgehead atoms. The topological polar surface area (TPSA) is 73.3 Å². The molecule has 2 aliphatic carbocycles. The Bertz CT molecular complexity index is 668. The summed E-state index contributed by atoms with van der Waals surface area (Å²) in [4.78, 5) is 16.2. The number of rotatable bonds is 4. The van der Waals surface area contributed by atoms with Gasteiger partial charge in [0.1, 0.15) is 5.78 Å². The molecule has 1 aromatic heterocycles. The van der Waals surface area contributed by atoms with Gasteiger partial charge in [0.15, 0.2) is 5.75 Å². The van der Waals surface area contributed by atoms with Crippen LogP contribution in [0.2, 0.25) is 0 Å². The number of hydrogen-bond donors (Lipinski definition) is 0. The molecule has 2 aliphatic rings. The molecule has 0 saturated heterocycles. The molecular formula is C15H19NO4S. The fourth-order valence-corrected chi connectivity index (χ4v) is 5.71. The Hall–Kier alpha value is -1.43. The molecule has 5 nitrogen and oxygen atoms in total. The van der Waals surface area contributed by atoms with Crippen molar-refractivity contribution in [1.29, 1.82) is 0 Å². The highest BCUT2D eigenvalue weighted by atomic mass is 32.2. The Morgan fingerprint density at radius 1 is 1.43 bits per heavy atom. The zero-order valence-corrected chi connectivity index (χ0v) is 13.0. The van der Waals surface area contributed by atoms with E-state index < -0.39 is 15.5 Å². The Balaban J connectivity index is 1.87. The van der Waals surface area contributed by atoms with Crippen molar-refractivity contribution in [2.45, 2.75) is 33.1 Å². The highest BCUT2D eigenvalue weighted by Crippen LogP contribution is 2.64. The normalized spacial score (nSPS) is 30.6. The van der Waals surface area contributed by atoms with Crippen LogP contribution in [0.15, 0.2) is 24.5 Å². The maximum atomic E-state index is 12.4. The van der Waals surface area contributed by atoms with Crippen molar-refractivity contribution in [1.82, 2.24) is 4.98 Å². The van der Waals surface area contributed by atoms with Crippen LogP contribution in [-0.2, 0) is 14.9 Å². The lowest BCUT2D eigenvalue weighted by molar-refractivity contribution is -0.128. The van der Waals surface area contributed by atoms with E-state index in [0.29, 0.717) is 18.8 Å². The Morgan fingerprint density at radius 2 is 2.19 bits per heavy atom. The molecule has 3 rings (SSSR count). The molecule has 2 unspecified atom stereocenters. The highest BCUT2D eigenvalue weighted by Gasteiger charge is 2.65. The second-order valence-electron chi connectivity index (χ2n) is 6.64. The van der Waals surface area contributed by atoms with Crippen molar-refractivity contribution >= 4 is 15.9 Å². The second kappa shape index (κ2) is 4.53. The Morgan fingerprint density at radius 3 is 2.71 bits per heavy atom. The predicted molar refractivity (Wildman–Crippen MR) is 77.2 cm³/mol. The maximum absolute atomic E-state index is 12.4. The van der Waals surface area contributed by atoms with Crippen LogP contribution in [0.3, 0.4) is 0 Å². The molecule has 2 fully saturated rings. The fraction of sp³-hybridized carbons (Fsp3) is 0.600. The summed E-state index contributed by atoms with van der Waals surface area (Å²) in [5.74, 6) is 0.310. The number of hydrogen-bond acceptors (Lipinski definition) is 5. The lowest BCUT2D eigenvalue weighted by Gasteiger charge is -2.35. The Kier molecular flexibility index (Phi) is 3.13.